The molecule has 0 rings (SSSR count). The van der Waals surface area contributed by atoms with Crippen LogP contribution < -0.4 is 5.73 Å². The molecule has 1 unspecified atom stereocenters. The molecular formula is C10H19NO4. The van der Waals surface area contributed by atoms with E-state index in [4.69, 9.17) is 15.6 Å². The monoisotopic (exact) mass is 217 g/mol. The minimum atomic E-state index is -1.21. The van der Waals surface area contributed by atoms with E-state index in [0.29, 0.717) is 0 Å². The molecule has 0 spiro atoms. The highest BCUT2D eigenvalue weighted by atomic mass is 16.5. The third-order valence-corrected chi connectivity index (χ3v) is 2.10. The van der Waals surface area contributed by atoms with Gasteiger partial charge in [-0.15, -0.1) is 0 Å². The van der Waals surface area contributed by atoms with Crippen LogP contribution in [-0.2, 0) is 14.3 Å². The maximum Gasteiger partial charge on any atom is 0.314 e. The van der Waals surface area contributed by atoms with Crippen molar-refractivity contribution < 1.29 is 19.4 Å². The molecule has 5 nitrogen and oxygen atoms in total. The number of carbonyl (C=O) groups is 2. The molecule has 0 heterocycles. The van der Waals surface area contributed by atoms with Gasteiger partial charge in [-0.2, -0.15) is 0 Å². The molecule has 0 aromatic carbocycles. The standard InChI is InChI=1S/C10H19NO4/c1-9(2,3)8(14)15-6-10(4,5-11)7(12)13/h5-6,11H2,1-4H3,(H,12,13). The van der Waals surface area contributed by atoms with Crippen molar-refractivity contribution in [3.63, 3.8) is 0 Å². The van der Waals surface area contributed by atoms with Crippen LogP contribution in [0.2, 0.25) is 0 Å². The first kappa shape index (κ1) is 13.9. The van der Waals surface area contributed by atoms with Crippen molar-refractivity contribution >= 4 is 11.9 Å². The lowest BCUT2D eigenvalue weighted by Gasteiger charge is -2.24. The molecule has 0 aliphatic carbocycles. The number of hydrogen-bond acceptors (Lipinski definition) is 4. The predicted molar refractivity (Wildman–Crippen MR) is 55.2 cm³/mol. The second kappa shape index (κ2) is 4.61. The van der Waals surface area contributed by atoms with E-state index in [9.17, 15) is 9.59 Å². The van der Waals surface area contributed by atoms with Crippen molar-refractivity contribution in [3.05, 3.63) is 0 Å². The van der Waals surface area contributed by atoms with Gasteiger partial charge in [0.05, 0.1) is 5.41 Å². The van der Waals surface area contributed by atoms with Crippen LogP contribution in [0.1, 0.15) is 27.7 Å². The molecule has 88 valence electrons. The first-order valence-corrected chi connectivity index (χ1v) is 4.74. The number of carboxylic acids is 1. The summed E-state index contributed by atoms with van der Waals surface area (Å²) in [5.41, 5.74) is 3.49. The van der Waals surface area contributed by atoms with Gasteiger partial charge < -0.3 is 15.6 Å². The number of ether oxygens (including phenoxy) is 1. The molecule has 0 bridgehead atoms. The lowest BCUT2D eigenvalue weighted by Crippen LogP contribution is -2.41. The van der Waals surface area contributed by atoms with Crippen LogP contribution in [0.3, 0.4) is 0 Å². The van der Waals surface area contributed by atoms with Crippen LogP contribution in [0.25, 0.3) is 0 Å². The molecule has 0 saturated carbocycles. The van der Waals surface area contributed by atoms with Crippen molar-refractivity contribution in [1.29, 1.82) is 0 Å². The maximum atomic E-state index is 11.4. The Morgan fingerprint density at radius 2 is 1.73 bits per heavy atom. The van der Waals surface area contributed by atoms with Crippen molar-refractivity contribution in [2.45, 2.75) is 27.7 Å². The number of carboxylic acid groups (broad SMARTS) is 1. The summed E-state index contributed by atoms with van der Waals surface area (Å²) in [7, 11) is 0. The Labute approximate surface area is 89.6 Å². The third kappa shape index (κ3) is 3.87. The SMILES string of the molecule is CC(C)(C)C(=O)OCC(C)(CN)C(=O)O. The summed E-state index contributed by atoms with van der Waals surface area (Å²) in [4.78, 5) is 22.2. The quantitative estimate of drug-likeness (QED) is 0.674. The Morgan fingerprint density at radius 3 is 2.00 bits per heavy atom. The number of hydrogen-bond donors (Lipinski definition) is 2. The molecule has 0 aromatic rings. The summed E-state index contributed by atoms with van der Waals surface area (Å²) in [5, 5.41) is 8.88. The Kier molecular flexibility index (Phi) is 4.27. The number of rotatable bonds is 4. The van der Waals surface area contributed by atoms with Crippen molar-refractivity contribution in [2.75, 3.05) is 13.2 Å². The number of esters is 1. The van der Waals surface area contributed by atoms with E-state index < -0.39 is 22.8 Å². The summed E-state index contributed by atoms with van der Waals surface area (Å²) in [6, 6.07) is 0. The molecule has 3 N–H and O–H groups in total. The molecule has 0 aliphatic rings. The summed E-state index contributed by atoms with van der Waals surface area (Å²) in [5.74, 6) is -1.49. The Balaban J connectivity index is 4.38. The van der Waals surface area contributed by atoms with Gasteiger partial charge in [-0.25, -0.2) is 0 Å². The van der Waals surface area contributed by atoms with Gasteiger partial charge in [-0.3, -0.25) is 9.59 Å². The van der Waals surface area contributed by atoms with Gasteiger partial charge >= 0.3 is 11.9 Å². The molecule has 1 atom stereocenters. The zero-order valence-electron chi connectivity index (χ0n) is 9.66. The van der Waals surface area contributed by atoms with E-state index in [0.717, 1.165) is 0 Å². The first-order valence-electron chi connectivity index (χ1n) is 4.74. The molecule has 0 fully saturated rings. The maximum absolute atomic E-state index is 11.4. The predicted octanol–water partition coefficient (Wildman–Crippen LogP) is 0.625. The molecule has 0 saturated heterocycles. The fourth-order valence-electron chi connectivity index (χ4n) is 0.649. The summed E-state index contributed by atoms with van der Waals surface area (Å²) in [6.07, 6.45) is 0. The van der Waals surface area contributed by atoms with Gasteiger partial charge in [0.2, 0.25) is 0 Å². The molecule has 5 heteroatoms. The highest BCUT2D eigenvalue weighted by Crippen LogP contribution is 2.20. The van der Waals surface area contributed by atoms with E-state index in [1.807, 2.05) is 0 Å². The van der Waals surface area contributed by atoms with Gasteiger partial charge in [0.15, 0.2) is 0 Å². The van der Waals surface area contributed by atoms with Crippen LogP contribution >= 0.6 is 0 Å². The highest BCUT2D eigenvalue weighted by Gasteiger charge is 2.35. The number of nitrogens with two attached hydrogens (primary N) is 1. The Hall–Kier alpha value is -1.10. The van der Waals surface area contributed by atoms with E-state index in [1.165, 1.54) is 6.92 Å². The average molecular weight is 217 g/mol. The molecule has 0 amide bonds. The molecule has 15 heavy (non-hydrogen) atoms. The first-order chi connectivity index (χ1) is 6.63. The van der Waals surface area contributed by atoms with E-state index in [1.54, 1.807) is 20.8 Å². The van der Waals surface area contributed by atoms with Crippen LogP contribution in [0, 0.1) is 10.8 Å². The van der Waals surface area contributed by atoms with Crippen LogP contribution in [0.5, 0.6) is 0 Å². The lowest BCUT2D eigenvalue weighted by atomic mass is 9.92. The van der Waals surface area contributed by atoms with Crippen molar-refractivity contribution in [3.8, 4) is 0 Å². The Morgan fingerprint density at radius 1 is 1.27 bits per heavy atom. The second-order valence-electron chi connectivity index (χ2n) is 4.90. The summed E-state index contributed by atoms with van der Waals surface area (Å²) in [6.45, 7) is 6.29. The highest BCUT2D eigenvalue weighted by molar-refractivity contribution is 5.77. The zero-order valence-corrected chi connectivity index (χ0v) is 9.66. The molecule has 0 aromatic heterocycles. The minimum absolute atomic E-state index is 0.0697. The second-order valence-corrected chi connectivity index (χ2v) is 4.90. The molecule has 0 radical (unpaired) electrons. The third-order valence-electron chi connectivity index (χ3n) is 2.10. The zero-order chi connectivity index (χ0) is 12.3. The molecular weight excluding hydrogens is 198 g/mol. The summed E-state index contributed by atoms with van der Waals surface area (Å²) >= 11 is 0. The van der Waals surface area contributed by atoms with Crippen LogP contribution in [0.15, 0.2) is 0 Å². The van der Waals surface area contributed by atoms with Crippen molar-refractivity contribution in [2.24, 2.45) is 16.6 Å². The average Bonchev–Trinajstić information content (AvgIpc) is 2.11. The number of carbonyl (C=O) groups excluding carboxylic acids is 1. The topological polar surface area (TPSA) is 89.6 Å². The largest absolute Gasteiger partial charge is 0.481 e. The minimum Gasteiger partial charge on any atom is -0.481 e. The van der Waals surface area contributed by atoms with E-state index in [-0.39, 0.29) is 13.2 Å². The van der Waals surface area contributed by atoms with E-state index in [2.05, 4.69) is 0 Å². The fraction of sp³-hybridized carbons (Fsp3) is 0.800. The Bertz CT molecular complexity index is 257. The lowest BCUT2D eigenvalue weighted by molar-refractivity contribution is -0.162. The van der Waals surface area contributed by atoms with Gasteiger partial charge in [0.1, 0.15) is 12.0 Å². The normalized spacial score (nSPS) is 15.5. The van der Waals surface area contributed by atoms with Crippen LogP contribution in [0.4, 0.5) is 0 Å². The smallest absolute Gasteiger partial charge is 0.314 e. The van der Waals surface area contributed by atoms with Gasteiger partial charge in [0, 0.05) is 6.54 Å². The van der Waals surface area contributed by atoms with E-state index >= 15 is 0 Å². The fourth-order valence-corrected chi connectivity index (χ4v) is 0.649. The van der Waals surface area contributed by atoms with Gasteiger partial charge in [0.25, 0.3) is 0 Å². The van der Waals surface area contributed by atoms with Gasteiger partial charge in [-0.05, 0) is 27.7 Å². The number of aliphatic carboxylic acids is 1. The van der Waals surface area contributed by atoms with Crippen molar-refractivity contribution in [1.82, 2.24) is 0 Å². The summed E-state index contributed by atoms with van der Waals surface area (Å²) < 4.78 is 4.92. The molecule has 0 aliphatic heterocycles. The van der Waals surface area contributed by atoms with Gasteiger partial charge in [-0.1, -0.05) is 0 Å². The van der Waals surface area contributed by atoms with Crippen LogP contribution in [-0.4, -0.2) is 30.2 Å².